The number of thiazole rings is 1. The van der Waals surface area contributed by atoms with Gasteiger partial charge in [0.1, 0.15) is 5.75 Å². The molecule has 2 bridgehead atoms. The molecular weight excluding hydrogens is 476 g/mol. The van der Waals surface area contributed by atoms with Crippen LogP contribution in [0.25, 0.3) is 0 Å². The van der Waals surface area contributed by atoms with Crippen molar-refractivity contribution >= 4 is 46.3 Å². The summed E-state index contributed by atoms with van der Waals surface area (Å²) < 4.78 is 6.07. The second kappa shape index (κ2) is 8.53. The molecule has 1 amide bonds. The van der Waals surface area contributed by atoms with E-state index in [9.17, 15) is 9.59 Å². The molecule has 0 unspecified atom stereocenters. The Balaban J connectivity index is 1.28. The fourth-order valence-electron chi connectivity index (χ4n) is 5.94. The minimum atomic E-state index is -0.226. The van der Waals surface area contributed by atoms with Gasteiger partial charge in [0, 0.05) is 32.3 Å². The zero-order chi connectivity index (χ0) is 22.5. The maximum atomic E-state index is 12.5. The number of aromatic amines is 1. The molecule has 1 aromatic heterocycles. The van der Waals surface area contributed by atoms with Crippen LogP contribution in [0.15, 0.2) is 58.4 Å². The number of thioether (sulfide) groups is 1. The van der Waals surface area contributed by atoms with E-state index in [4.69, 9.17) is 16.3 Å². The van der Waals surface area contributed by atoms with E-state index in [0.717, 1.165) is 21.4 Å². The van der Waals surface area contributed by atoms with Gasteiger partial charge in [0.2, 0.25) is 0 Å². The van der Waals surface area contributed by atoms with Gasteiger partial charge in [-0.15, -0.1) is 11.8 Å². The maximum Gasteiger partial charge on any atom is 0.305 e. The number of hydrogen-bond donors (Lipinski definition) is 2. The molecule has 33 heavy (non-hydrogen) atoms. The molecule has 3 aromatic rings. The number of rotatable bonds is 5. The molecule has 8 heteroatoms. The highest BCUT2D eigenvalue weighted by molar-refractivity contribution is 8.00. The summed E-state index contributed by atoms with van der Waals surface area (Å²) in [5.74, 6) is 2.53. The molecule has 2 fully saturated rings. The van der Waals surface area contributed by atoms with Gasteiger partial charge >= 0.3 is 4.87 Å². The van der Waals surface area contributed by atoms with Crippen molar-refractivity contribution in [2.75, 3.05) is 11.9 Å². The van der Waals surface area contributed by atoms with Crippen LogP contribution in [0, 0.1) is 17.8 Å². The second-order valence-electron chi connectivity index (χ2n) is 9.06. The third-order valence-electron chi connectivity index (χ3n) is 7.21. The molecule has 2 aromatic carbocycles. The molecule has 3 aliphatic rings. The number of amides is 1. The fraction of sp³-hybridized carbons (Fsp3) is 0.360. The van der Waals surface area contributed by atoms with Crippen LogP contribution in [-0.2, 0) is 4.79 Å². The monoisotopic (exact) mass is 498 g/mol. The van der Waals surface area contributed by atoms with Crippen molar-refractivity contribution in [1.29, 1.82) is 0 Å². The number of fused-ring (bicyclic) bond motifs is 6. The van der Waals surface area contributed by atoms with E-state index in [1.807, 2.05) is 30.0 Å². The van der Waals surface area contributed by atoms with Crippen LogP contribution in [0.3, 0.4) is 0 Å². The van der Waals surface area contributed by atoms with Crippen molar-refractivity contribution in [3.8, 4) is 5.75 Å². The Morgan fingerprint density at radius 3 is 2.76 bits per heavy atom. The Morgan fingerprint density at radius 1 is 1.12 bits per heavy atom. The average molecular weight is 499 g/mol. The third-order valence-corrected chi connectivity index (χ3v) is 10.1. The summed E-state index contributed by atoms with van der Waals surface area (Å²) in [4.78, 5) is 29.0. The number of hydrogen-bond acceptors (Lipinski definition) is 5. The van der Waals surface area contributed by atoms with Crippen molar-refractivity contribution in [2.45, 2.75) is 35.5 Å². The first kappa shape index (κ1) is 21.3. The lowest BCUT2D eigenvalue weighted by molar-refractivity contribution is -0.118. The normalized spacial score (nSPS) is 27.1. The molecule has 2 saturated carbocycles. The number of nitrogens with one attached hydrogen (secondary N) is 2. The molecule has 2 aliphatic carbocycles. The summed E-state index contributed by atoms with van der Waals surface area (Å²) in [6.45, 7) is -0.0858. The Morgan fingerprint density at radius 2 is 1.91 bits per heavy atom. The van der Waals surface area contributed by atoms with E-state index in [1.54, 1.807) is 24.3 Å². The topological polar surface area (TPSA) is 71.2 Å². The van der Waals surface area contributed by atoms with Gasteiger partial charge < -0.3 is 15.0 Å². The maximum absolute atomic E-state index is 12.5. The van der Waals surface area contributed by atoms with Crippen molar-refractivity contribution in [3.05, 3.63) is 73.7 Å². The van der Waals surface area contributed by atoms with E-state index in [1.165, 1.54) is 30.6 Å². The summed E-state index contributed by atoms with van der Waals surface area (Å²) in [7, 11) is 0. The zero-order valence-electron chi connectivity index (χ0n) is 17.8. The molecule has 6 rings (SSSR count). The van der Waals surface area contributed by atoms with Crippen LogP contribution in [0.2, 0.25) is 5.02 Å². The average Bonchev–Trinajstić information content (AvgIpc) is 3.52. The number of para-hydroxylation sites is 1. The molecule has 5 atom stereocenters. The standard InChI is InChI=1S/C25H23ClN2O3S2/c26-15-7-9-16(10-8-15)27-19(29)12-31-18-4-2-1-3-17(18)21-20-13-5-6-14(11-13)22(20)32-24-23(21)33-25(30)28-24/h1-4,7-10,13-14,20-22H,5-6,11-12H2,(H,27,29)(H,28,30)/t13-,14-,20+,21-,22-/m0/s1. The van der Waals surface area contributed by atoms with Crippen LogP contribution in [-0.4, -0.2) is 22.7 Å². The molecule has 5 nitrogen and oxygen atoms in total. The van der Waals surface area contributed by atoms with Crippen molar-refractivity contribution in [2.24, 2.45) is 17.8 Å². The number of halogens is 1. The number of carbonyl (C=O) groups is 1. The first-order valence-electron chi connectivity index (χ1n) is 11.2. The van der Waals surface area contributed by atoms with Crippen LogP contribution >= 0.6 is 34.7 Å². The molecule has 0 saturated heterocycles. The molecule has 2 N–H and O–H groups in total. The minimum absolute atomic E-state index is 0.00515. The fourth-order valence-corrected chi connectivity index (χ4v) is 8.95. The van der Waals surface area contributed by atoms with Gasteiger partial charge in [-0.25, -0.2) is 0 Å². The van der Waals surface area contributed by atoms with E-state index >= 15 is 0 Å². The van der Waals surface area contributed by atoms with Crippen LogP contribution < -0.4 is 14.9 Å². The molecule has 0 spiro atoms. The molecular formula is C25H23ClN2O3S2. The number of anilines is 1. The van der Waals surface area contributed by atoms with Gasteiger partial charge in [-0.05, 0) is 67.3 Å². The third kappa shape index (κ3) is 3.90. The van der Waals surface area contributed by atoms with Gasteiger partial charge in [0.05, 0.1) is 5.03 Å². The van der Waals surface area contributed by atoms with E-state index in [0.29, 0.717) is 33.5 Å². The lowest BCUT2D eigenvalue weighted by Gasteiger charge is -2.40. The van der Waals surface area contributed by atoms with E-state index in [-0.39, 0.29) is 23.3 Å². The zero-order valence-corrected chi connectivity index (χ0v) is 20.1. The number of carbonyl (C=O) groups excluding carboxylic acids is 1. The Bertz CT molecular complexity index is 1260. The van der Waals surface area contributed by atoms with Crippen molar-refractivity contribution in [1.82, 2.24) is 4.98 Å². The minimum Gasteiger partial charge on any atom is -0.483 e. The first-order valence-corrected chi connectivity index (χ1v) is 13.3. The predicted octanol–water partition coefficient (Wildman–Crippen LogP) is 5.76. The van der Waals surface area contributed by atoms with Gasteiger partial charge in [-0.2, -0.15) is 0 Å². The van der Waals surface area contributed by atoms with Crippen LogP contribution in [0.4, 0.5) is 5.69 Å². The number of aromatic nitrogens is 1. The van der Waals surface area contributed by atoms with Gasteiger partial charge in [0.25, 0.3) is 5.91 Å². The van der Waals surface area contributed by atoms with Gasteiger partial charge in [0.15, 0.2) is 6.61 Å². The second-order valence-corrected chi connectivity index (χ2v) is 11.7. The Labute approximate surface area is 204 Å². The molecule has 0 radical (unpaired) electrons. The summed E-state index contributed by atoms with van der Waals surface area (Å²) in [5.41, 5.74) is 1.76. The highest BCUT2D eigenvalue weighted by Crippen LogP contribution is 2.64. The molecule has 170 valence electrons. The van der Waals surface area contributed by atoms with E-state index in [2.05, 4.69) is 16.4 Å². The molecule has 1 aliphatic heterocycles. The van der Waals surface area contributed by atoms with Gasteiger partial charge in [-0.1, -0.05) is 41.1 Å². The van der Waals surface area contributed by atoms with Crippen molar-refractivity contribution < 1.29 is 9.53 Å². The van der Waals surface area contributed by atoms with Gasteiger partial charge in [-0.3, -0.25) is 9.59 Å². The summed E-state index contributed by atoms with van der Waals surface area (Å²) in [6, 6.07) is 15.0. The van der Waals surface area contributed by atoms with E-state index < -0.39 is 0 Å². The summed E-state index contributed by atoms with van der Waals surface area (Å²) in [5, 5.41) is 5.03. The highest BCUT2D eigenvalue weighted by atomic mass is 35.5. The number of benzene rings is 2. The number of ether oxygens (including phenoxy) is 1. The predicted molar refractivity (Wildman–Crippen MR) is 133 cm³/mol. The Kier molecular flexibility index (Phi) is 5.51. The largest absolute Gasteiger partial charge is 0.483 e. The van der Waals surface area contributed by atoms with Crippen LogP contribution in [0.1, 0.15) is 35.6 Å². The lowest BCUT2D eigenvalue weighted by atomic mass is 9.74. The summed E-state index contributed by atoms with van der Waals surface area (Å²) in [6.07, 6.45) is 3.84. The lowest BCUT2D eigenvalue weighted by Crippen LogP contribution is -2.34. The van der Waals surface area contributed by atoms with Crippen LogP contribution in [0.5, 0.6) is 5.75 Å². The SMILES string of the molecule is O=C(COc1ccccc1[C@@H]1c2sc(=O)[nH]c2S[C@H]2[C@H]3CC[C@@H](C3)[C@H]12)Nc1ccc(Cl)cc1. The quantitative estimate of drug-likeness (QED) is 0.469. The van der Waals surface area contributed by atoms with Crippen molar-refractivity contribution in [3.63, 3.8) is 0 Å². The smallest absolute Gasteiger partial charge is 0.305 e. The number of H-pyrrole nitrogens is 1. The first-order chi connectivity index (χ1) is 16.1. The summed E-state index contributed by atoms with van der Waals surface area (Å²) >= 11 is 9.12. The Hall–Kier alpha value is -2.22. The highest BCUT2D eigenvalue weighted by Gasteiger charge is 2.55. The molecule has 2 heterocycles.